The number of nitrogens with one attached hydrogen (secondary N) is 1. The van der Waals surface area contributed by atoms with Crippen molar-refractivity contribution in [2.24, 2.45) is 0 Å². The Morgan fingerprint density at radius 2 is 1.87 bits per heavy atom. The van der Waals surface area contributed by atoms with Gasteiger partial charge in [0.05, 0.1) is 11.3 Å². The van der Waals surface area contributed by atoms with Gasteiger partial charge in [-0.15, -0.1) is 0 Å². The molecule has 0 fully saturated rings. The van der Waals surface area contributed by atoms with E-state index < -0.39 is 0 Å². The van der Waals surface area contributed by atoms with Crippen molar-refractivity contribution in [3.8, 4) is 17.0 Å². The summed E-state index contributed by atoms with van der Waals surface area (Å²) < 4.78 is 5.80. The van der Waals surface area contributed by atoms with Gasteiger partial charge in [0.15, 0.2) is 5.78 Å². The average Bonchev–Trinajstić information content (AvgIpc) is 3.04. The molecule has 0 unspecified atom stereocenters. The number of ketones is 1. The summed E-state index contributed by atoms with van der Waals surface area (Å²) in [6.45, 7) is 1.48. The molecule has 0 bridgehead atoms. The first-order valence-corrected chi connectivity index (χ1v) is 7.72. The van der Waals surface area contributed by atoms with Gasteiger partial charge >= 0.3 is 0 Å². The van der Waals surface area contributed by atoms with Gasteiger partial charge in [0.2, 0.25) is 0 Å². The smallest absolute Gasteiger partial charge is 0.196 e. The van der Waals surface area contributed by atoms with E-state index in [-0.39, 0.29) is 5.78 Å². The normalized spacial score (nSPS) is 12.7. The Morgan fingerprint density at radius 3 is 2.65 bits per heavy atom. The van der Waals surface area contributed by atoms with Gasteiger partial charge in [-0.05, 0) is 32.3 Å². The van der Waals surface area contributed by atoms with Gasteiger partial charge in [0.25, 0.3) is 0 Å². The van der Waals surface area contributed by atoms with Crippen molar-refractivity contribution in [3.63, 3.8) is 0 Å². The largest absolute Gasteiger partial charge is 0.492 e. The minimum atomic E-state index is 0.0901. The fraction of sp³-hybridized carbons (Fsp3) is 0.211. The van der Waals surface area contributed by atoms with Gasteiger partial charge in [-0.25, -0.2) is 0 Å². The van der Waals surface area contributed by atoms with Crippen LogP contribution in [0.2, 0.25) is 0 Å². The van der Waals surface area contributed by atoms with Crippen LogP contribution in [0.15, 0.2) is 42.5 Å². The number of likely N-dealkylation sites (N-methyl/N-ethyl adjacent to an activating group) is 1. The van der Waals surface area contributed by atoms with E-state index in [1.54, 1.807) is 0 Å². The third-order valence-electron chi connectivity index (χ3n) is 4.25. The molecule has 0 amide bonds. The fourth-order valence-electron chi connectivity index (χ4n) is 3.08. The van der Waals surface area contributed by atoms with Crippen LogP contribution in [0.3, 0.4) is 0 Å². The molecular formula is C19H18N2O2. The molecule has 0 radical (unpaired) electrons. The first kappa shape index (κ1) is 14.0. The predicted molar refractivity (Wildman–Crippen MR) is 91.2 cm³/mol. The van der Waals surface area contributed by atoms with Crippen LogP contribution in [0.1, 0.15) is 15.9 Å². The molecule has 4 heteroatoms. The zero-order valence-electron chi connectivity index (χ0n) is 13.2. The molecule has 1 aromatic heterocycles. The van der Waals surface area contributed by atoms with Crippen molar-refractivity contribution in [1.29, 1.82) is 0 Å². The Hall–Kier alpha value is -2.59. The van der Waals surface area contributed by atoms with Gasteiger partial charge < -0.3 is 14.6 Å². The van der Waals surface area contributed by atoms with Crippen LogP contribution in [0.25, 0.3) is 22.2 Å². The predicted octanol–water partition coefficient (Wildman–Crippen LogP) is 3.32. The maximum atomic E-state index is 12.7. The van der Waals surface area contributed by atoms with Gasteiger partial charge in [-0.3, -0.25) is 4.79 Å². The lowest BCUT2D eigenvalue weighted by Crippen LogP contribution is -2.19. The van der Waals surface area contributed by atoms with Gasteiger partial charge in [-0.2, -0.15) is 0 Å². The minimum Gasteiger partial charge on any atom is -0.492 e. The summed E-state index contributed by atoms with van der Waals surface area (Å²) in [5.74, 6) is 0.886. The highest BCUT2D eigenvalue weighted by Gasteiger charge is 2.30. The number of benzene rings is 2. The van der Waals surface area contributed by atoms with Crippen molar-refractivity contribution in [1.82, 2.24) is 9.88 Å². The molecule has 3 aromatic rings. The molecule has 116 valence electrons. The SMILES string of the molecule is CN(C)CCOc1ccc2[nH]c3c(c2c1)C(=O)c1ccccc1-3. The zero-order chi connectivity index (χ0) is 16.0. The molecule has 0 spiro atoms. The van der Waals surface area contributed by atoms with Crippen LogP contribution in [0, 0.1) is 0 Å². The molecule has 1 heterocycles. The van der Waals surface area contributed by atoms with Crippen LogP contribution in [0.4, 0.5) is 0 Å². The molecule has 2 aromatic carbocycles. The highest BCUT2D eigenvalue weighted by Crippen LogP contribution is 2.40. The number of aromatic nitrogens is 1. The molecule has 0 saturated heterocycles. The molecule has 0 saturated carbocycles. The first-order valence-electron chi connectivity index (χ1n) is 7.72. The lowest BCUT2D eigenvalue weighted by molar-refractivity contribution is 0.104. The van der Waals surface area contributed by atoms with Crippen LogP contribution in [0.5, 0.6) is 5.75 Å². The Balaban J connectivity index is 1.75. The lowest BCUT2D eigenvalue weighted by Gasteiger charge is -2.11. The second kappa shape index (κ2) is 5.25. The molecule has 23 heavy (non-hydrogen) atoms. The van der Waals surface area contributed by atoms with E-state index in [9.17, 15) is 4.79 Å². The average molecular weight is 306 g/mol. The Bertz CT molecular complexity index is 909. The summed E-state index contributed by atoms with van der Waals surface area (Å²) in [5, 5.41) is 0.934. The fourth-order valence-corrected chi connectivity index (χ4v) is 3.08. The lowest BCUT2D eigenvalue weighted by atomic mass is 10.1. The zero-order valence-corrected chi connectivity index (χ0v) is 13.2. The summed E-state index contributed by atoms with van der Waals surface area (Å²) in [4.78, 5) is 18.2. The van der Waals surface area contributed by atoms with Crippen molar-refractivity contribution >= 4 is 16.7 Å². The van der Waals surface area contributed by atoms with E-state index in [1.807, 2.05) is 56.6 Å². The standard InChI is InChI=1S/C19H18N2O2/c1-21(2)9-10-23-12-7-8-16-15(11-12)17-18(20-16)13-5-3-4-6-14(13)19(17)22/h3-8,11,20H,9-10H2,1-2H3. The van der Waals surface area contributed by atoms with Crippen LogP contribution in [-0.2, 0) is 0 Å². The maximum Gasteiger partial charge on any atom is 0.196 e. The highest BCUT2D eigenvalue weighted by molar-refractivity contribution is 6.27. The van der Waals surface area contributed by atoms with Crippen molar-refractivity contribution in [3.05, 3.63) is 53.6 Å². The van der Waals surface area contributed by atoms with E-state index in [1.165, 1.54) is 0 Å². The van der Waals surface area contributed by atoms with E-state index in [2.05, 4.69) is 9.88 Å². The van der Waals surface area contributed by atoms with Crippen LogP contribution >= 0.6 is 0 Å². The minimum absolute atomic E-state index is 0.0901. The number of hydrogen-bond donors (Lipinski definition) is 1. The van der Waals surface area contributed by atoms with Crippen LogP contribution < -0.4 is 4.74 Å². The van der Waals surface area contributed by atoms with E-state index in [4.69, 9.17) is 4.74 Å². The first-order chi connectivity index (χ1) is 11.1. The Labute approximate surface area is 134 Å². The number of carbonyl (C=O) groups excluding carboxylic acids is 1. The molecule has 1 N–H and O–H groups in total. The van der Waals surface area contributed by atoms with Gasteiger partial charge in [0, 0.05) is 28.6 Å². The molecule has 1 aliphatic carbocycles. The second-order valence-electron chi connectivity index (χ2n) is 6.11. The third-order valence-corrected chi connectivity index (χ3v) is 4.25. The Morgan fingerprint density at radius 1 is 1.09 bits per heavy atom. The van der Waals surface area contributed by atoms with E-state index >= 15 is 0 Å². The topological polar surface area (TPSA) is 45.3 Å². The number of ether oxygens (including phenoxy) is 1. The molecule has 0 aliphatic heterocycles. The van der Waals surface area contributed by atoms with Crippen LogP contribution in [-0.4, -0.2) is 42.9 Å². The molecular weight excluding hydrogens is 288 g/mol. The Kier molecular flexibility index (Phi) is 3.20. The summed E-state index contributed by atoms with van der Waals surface area (Å²) in [7, 11) is 4.03. The number of rotatable bonds is 4. The van der Waals surface area contributed by atoms with Gasteiger partial charge in [0.1, 0.15) is 12.4 Å². The summed E-state index contributed by atoms with van der Waals surface area (Å²) in [6.07, 6.45) is 0. The summed E-state index contributed by atoms with van der Waals surface area (Å²) in [6, 6.07) is 13.6. The highest BCUT2D eigenvalue weighted by atomic mass is 16.5. The van der Waals surface area contributed by atoms with Crippen molar-refractivity contribution in [2.75, 3.05) is 27.2 Å². The number of aromatic amines is 1. The number of hydrogen-bond acceptors (Lipinski definition) is 3. The second-order valence-corrected chi connectivity index (χ2v) is 6.11. The number of fused-ring (bicyclic) bond motifs is 5. The maximum absolute atomic E-state index is 12.7. The number of nitrogens with zero attached hydrogens (tertiary/aromatic N) is 1. The third kappa shape index (κ3) is 2.23. The summed E-state index contributed by atoms with van der Waals surface area (Å²) in [5.41, 5.74) is 4.41. The molecule has 0 atom stereocenters. The van der Waals surface area contributed by atoms with E-state index in [0.29, 0.717) is 6.61 Å². The number of carbonyl (C=O) groups is 1. The van der Waals surface area contributed by atoms with Gasteiger partial charge in [-0.1, -0.05) is 24.3 Å². The van der Waals surface area contributed by atoms with E-state index in [0.717, 1.165) is 45.6 Å². The summed E-state index contributed by atoms with van der Waals surface area (Å²) >= 11 is 0. The monoisotopic (exact) mass is 306 g/mol. The van der Waals surface area contributed by atoms with Crippen molar-refractivity contribution < 1.29 is 9.53 Å². The molecule has 4 nitrogen and oxygen atoms in total. The molecule has 4 rings (SSSR count). The quantitative estimate of drug-likeness (QED) is 0.629. The number of H-pyrrole nitrogens is 1. The van der Waals surface area contributed by atoms with Crippen molar-refractivity contribution in [2.45, 2.75) is 0 Å². The molecule has 1 aliphatic rings.